The number of hydrogen-bond donors (Lipinski definition) is 3. The van der Waals surface area contributed by atoms with Crippen LogP contribution >= 0.6 is 7.82 Å². The Balaban J connectivity index is 4.03. The van der Waals surface area contributed by atoms with E-state index in [1.807, 2.05) is 21.1 Å². The minimum absolute atomic E-state index is 0.0703. The van der Waals surface area contributed by atoms with Crippen molar-refractivity contribution in [1.82, 2.24) is 5.32 Å². The van der Waals surface area contributed by atoms with Crippen LogP contribution in [0.15, 0.2) is 85.1 Å². The standard InChI is InChI=1S/C54H97N2O6P/c1-6-8-10-12-14-16-17-18-19-20-21-22-23-24-25-26-27-28-29-30-31-32-33-34-35-36-37-38-39-40-42-44-46-48-54(58)55-52(51-62-63(59,60)61-50-49-56(3,4)5)53(57)47-45-43-41-15-13-11-9-7-2/h8,10,14,16,18-19,21-22,24-25,27-28,30-31,52-53,57H,6-7,9,11-13,15,17,20,23,26,29,32-51H2,1-5H3,(H-,55,58,59,60)/p+1/b10-8-,16-14-,19-18-,22-21-,25-24-,28-27-,31-30-. The van der Waals surface area contributed by atoms with Gasteiger partial charge in [-0.25, -0.2) is 4.57 Å². The quantitative estimate of drug-likeness (QED) is 0.0243. The molecule has 0 aliphatic rings. The average Bonchev–Trinajstić information content (AvgIpc) is 3.24. The van der Waals surface area contributed by atoms with Crippen molar-refractivity contribution in [3.63, 3.8) is 0 Å². The number of carbonyl (C=O) groups excluding carboxylic acids is 1. The normalized spacial score (nSPS) is 14.8. The highest BCUT2D eigenvalue weighted by Gasteiger charge is 2.28. The number of phosphoric ester groups is 1. The zero-order chi connectivity index (χ0) is 46.4. The van der Waals surface area contributed by atoms with Crippen molar-refractivity contribution in [2.45, 2.75) is 212 Å². The van der Waals surface area contributed by atoms with E-state index in [0.29, 0.717) is 23.9 Å². The van der Waals surface area contributed by atoms with Crippen molar-refractivity contribution in [1.29, 1.82) is 0 Å². The van der Waals surface area contributed by atoms with Crippen LogP contribution in [0.5, 0.6) is 0 Å². The molecule has 0 rings (SSSR count). The van der Waals surface area contributed by atoms with Crippen molar-refractivity contribution in [3.05, 3.63) is 85.1 Å². The molecule has 3 atom stereocenters. The third kappa shape index (κ3) is 47.5. The van der Waals surface area contributed by atoms with Crippen LogP contribution in [-0.4, -0.2) is 73.4 Å². The molecule has 364 valence electrons. The van der Waals surface area contributed by atoms with Gasteiger partial charge in [-0.3, -0.25) is 13.8 Å². The zero-order valence-corrected chi connectivity index (χ0v) is 42.2. The number of unbranched alkanes of at least 4 members (excludes halogenated alkanes) is 18. The van der Waals surface area contributed by atoms with Crippen molar-refractivity contribution < 1.29 is 32.9 Å². The van der Waals surface area contributed by atoms with Crippen LogP contribution in [0.25, 0.3) is 0 Å². The third-order valence-electron chi connectivity index (χ3n) is 10.9. The number of hydrogen-bond acceptors (Lipinski definition) is 5. The predicted octanol–water partition coefficient (Wildman–Crippen LogP) is 14.9. The summed E-state index contributed by atoms with van der Waals surface area (Å²) < 4.78 is 23.6. The summed E-state index contributed by atoms with van der Waals surface area (Å²) in [5, 5.41) is 13.9. The fourth-order valence-corrected chi connectivity index (χ4v) is 7.64. The van der Waals surface area contributed by atoms with Gasteiger partial charge in [0.1, 0.15) is 13.2 Å². The fraction of sp³-hybridized carbons (Fsp3) is 0.722. The van der Waals surface area contributed by atoms with Gasteiger partial charge in [-0.15, -0.1) is 0 Å². The highest BCUT2D eigenvalue weighted by Crippen LogP contribution is 2.43. The lowest BCUT2D eigenvalue weighted by molar-refractivity contribution is -0.870. The summed E-state index contributed by atoms with van der Waals surface area (Å²) in [5.41, 5.74) is 0. The third-order valence-corrected chi connectivity index (χ3v) is 11.9. The van der Waals surface area contributed by atoms with Crippen LogP contribution in [0.1, 0.15) is 200 Å². The summed E-state index contributed by atoms with van der Waals surface area (Å²) in [7, 11) is 1.60. The minimum atomic E-state index is -4.31. The van der Waals surface area contributed by atoms with Gasteiger partial charge in [0, 0.05) is 6.42 Å². The zero-order valence-electron chi connectivity index (χ0n) is 41.3. The predicted molar refractivity (Wildman–Crippen MR) is 272 cm³/mol. The van der Waals surface area contributed by atoms with Gasteiger partial charge in [0.05, 0.1) is 39.9 Å². The maximum atomic E-state index is 12.9. The fourth-order valence-electron chi connectivity index (χ4n) is 6.91. The molecule has 3 unspecified atom stereocenters. The van der Waals surface area contributed by atoms with Crippen LogP contribution in [0.2, 0.25) is 0 Å². The molecule has 9 heteroatoms. The van der Waals surface area contributed by atoms with Crippen LogP contribution in [-0.2, 0) is 18.4 Å². The van der Waals surface area contributed by atoms with Gasteiger partial charge in [-0.1, -0.05) is 208 Å². The summed E-state index contributed by atoms with van der Waals surface area (Å²) in [4.78, 5) is 23.1. The highest BCUT2D eigenvalue weighted by molar-refractivity contribution is 7.47. The van der Waals surface area contributed by atoms with Gasteiger partial charge in [-0.2, -0.15) is 0 Å². The number of nitrogens with zero attached hydrogens (tertiary/aromatic N) is 1. The molecule has 1 amide bonds. The molecular formula is C54H98N2O6P+. The van der Waals surface area contributed by atoms with E-state index in [2.05, 4.69) is 104 Å². The Labute approximate surface area is 388 Å². The average molecular weight is 902 g/mol. The molecule has 0 aromatic rings. The lowest BCUT2D eigenvalue weighted by Gasteiger charge is -2.26. The van der Waals surface area contributed by atoms with E-state index in [-0.39, 0.29) is 19.1 Å². The van der Waals surface area contributed by atoms with Crippen LogP contribution in [0.4, 0.5) is 0 Å². The van der Waals surface area contributed by atoms with E-state index in [1.54, 1.807) is 0 Å². The molecule has 0 aliphatic carbocycles. The summed E-state index contributed by atoms with van der Waals surface area (Å²) in [6.45, 7) is 4.72. The molecular weight excluding hydrogens is 804 g/mol. The summed E-state index contributed by atoms with van der Waals surface area (Å²) in [6, 6.07) is -0.764. The van der Waals surface area contributed by atoms with Crippen molar-refractivity contribution in [3.8, 4) is 0 Å². The number of quaternary nitrogens is 1. The van der Waals surface area contributed by atoms with E-state index < -0.39 is 20.0 Å². The molecule has 0 saturated carbocycles. The molecule has 0 bridgehead atoms. The second-order valence-corrected chi connectivity index (χ2v) is 19.6. The maximum absolute atomic E-state index is 12.9. The Morgan fingerprint density at radius 3 is 1.40 bits per heavy atom. The number of likely N-dealkylation sites (N-methyl/N-ethyl adjacent to an activating group) is 1. The van der Waals surface area contributed by atoms with Crippen LogP contribution < -0.4 is 5.32 Å². The van der Waals surface area contributed by atoms with E-state index in [4.69, 9.17) is 9.05 Å². The number of phosphoric acid groups is 1. The van der Waals surface area contributed by atoms with Crippen LogP contribution in [0, 0.1) is 0 Å². The van der Waals surface area contributed by atoms with Crippen LogP contribution in [0.3, 0.4) is 0 Å². The van der Waals surface area contributed by atoms with Gasteiger partial charge in [0.15, 0.2) is 0 Å². The first kappa shape index (κ1) is 60.7. The van der Waals surface area contributed by atoms with Gasteiger partial charge in [-0.05, 0) is 70.6 Å². The molecule has 0 fully saturated rings. The summed E-state index contributed by atoms with van der Waals surface area (Å²) in [5.74, 6) is -0.155. The minimum Gasteiger partial charge on any atom is -0.391 e. The first-order valence-electron chi connectivity index (χ1n) is 25.5. The van der Waals surface area contributed by atoms with Gasteiger partial charge < -0.3 is 19.8 Å². The van der Waals surface area contributed by atoms with Gasteiger partial charge in [0.25, 0.3) is 0 Å². The molecule has 0 saturated heterocycles. The Bertz CT molecular complexity index is 1300. The molecule has 0 heterocycles. The molecule has 0 aromatic carbocycles. The second-order valence-electron chi connectivity index (χ2n) is 18.2. The van der Waals surface area contributed by atoms with Crippen molar-refractivity contribution in [2.24, 2.45) is 0 Å². The Morgan fingerprint density at radius 2 is 0.952 bits per heavy atom. The topological polar surface area (TPSA) is 105 Å². The lowest BCUT2D eigenvalue weighted by Crippen LogP contribution is -2.46. The first-order chi connectivity index (χ1) is 30.5. The molecule has 8 nitrogen and oxygen atoms in total. The van der Waals surface area contributed by atoms with Crippen molar-refractivity contribution in [2.75, 3.05) is 40.9 Å². The number of amides is 1. The number of aliphatic hydroxyl groups is 1. The van der Waals surface area contributed by atoms with Crippen molar-refractivity contribution >= 4 is 13.7 Å². The highest BCUT2D eigenvalue weighted by atomic mass is 31.2. The largest absolute Gasteiger partial charge is 0.472 e. The van der Waals surface area contributed by atoms with E-state index in [1.165, 1.54) is 89.9 Å². The Morgan fingerprint density at radius 1 is 0.556 bits per heavy atom. The number of allylic oxidation sites excluding steroid dienone is 14. The summed E-state index contributed by atoms with van der Waals surface area (Å²) in [6.07, 6.45) is 62.2. The molecule has 0 aliphatic heterocycles. The van der Waals surface area contributed by atoms with E-state index >= 15 is 0 Å². The number of nitrogens with one attached hydrogen (secondary N) is 1. The molecule has 0 spiro atoms. The Kier molecular flexibility index (Phi) is 43.2. The second kappa shape index (κ2) is 44.9. The number of aliphatic hydroxyl groups excluding tert-OH is 1. The Hall–Kier alpha value is -2.32. The lowest BCUT2D eigenvalue weighted by atomic mass is 10.0. The monoisotopic (exact) mass is 902 g/mol. The SMILES string of the molecule is CC/C=C\C/C=C\C/C=C\C/C=C\C/C=C\C/C=C\C/C=C\CCCCCCCCCCCCCC(=O)NC(COP(=O)(O)OCC[N+](C)(C)C)C(O)CCCCCCCCCC. The molecule has 3 N–H and O–H groups in total. The number of rotatable bonds is 45. The maximum Gasteiger partial charge on any atom is 0.472 e. The number of carbonyl (C=O) groups is 1. The van der Waals surface area contributed by atoms with Gasteiger partial charge >= 0.3 is 7.82 Å². The molecule has 0 radical (unpaired) electrons. The van der Waals surface area contributed by atoms with Gasteiger partial charge in [0.2, 0.25) is 5.91 Å². The van der Waals surface area contributed by atoms with E-state index in [9.17, 15) is 19.4 Å². The smallest absolute Gasteiger partial charge is 0.391 e. The summed E-state index contributed by atoms with van der Waals surface area (Å²) >= 11 is 0. The first-order valence-corrected chi connectivity index (χ1v) is 26.9. The van der Waals surface area contributed by atoms with E-state index in [0.717, 1.165) is 83.5 Å². The molecule has 0 aromatic heterocycles. The molecule has 63 heavy (non-hydrogen) atoms.